The highest BCUT2D eigenvalue weighted by Crippen LogP contribution is 2.33. The minimum atomic E-state index is 0.655. The predicted octanol–water partition coefficient (Wildman–Crippen LogP) is 2.11. The Morgan fingerprint density at radius 3 is 1.65 bits per heavy atom. The molecule has 20 heavy (non-hydrogen) atoms. The summed E-state index contributed by atoms with van der Waals surface area (Å²) in [5.74, 6) is 1.64. The largest absolute Gasteiger partial charge is 0.496 e. The molecule has 0 aliphatic rings. The molecule has 0 amide bonds. The summed E-state index contributed by atoms with van der Waals surface area (Å²) >= 11 is 0. The molecule has 0 atom stereocenters. The predicted molar refractivity (Wildman–Crippen MR) is 80.2 cm³/mol. The van der Waals surface area contributed by atoms with Crippen LogP contribution in [-0.4, -0.2) is 54.7 Å². The molecule has 0 unspecified atom stereocenters. The number of hydrogen-bond donors (Lipinski definition) is 0. The fourth-order valence-corrected chi connectivity index (χ4v) is 2.03. The topological polar surface area (TPSA) is 40.2 Å². The highest BCUT2D eigenvalue weighted by Gasteiger charge is 2.13. The molecular formula is C15H25NO4. The molecule has 1 aromatic carbocycles. The van der Waals surface area contributed by atoms with Gasteiger partial charge in [-0.3, -0.25) is 0 Å². The van der Waals surface area contributed by atoms with E-state index in [1.807, 2.05) is 19.1 Å². The lowest BCUT2D eigenvalue weighted by molar-refractivity contribution is 0.190. The van der Waals surface area contributed by atoms with Crippen LogP contribution in [-0.2, 0) is 9.47 Å². The summed E-state index contributed by atoms with van der Waals surface area (Å²) in [4.78, 5) is 2.19. The van der Waals surface area contributed by atoms with Crippen molar-refractivity contribution >= 4 is 5.69 Å². The smallest absolute Gasteiger partial charge is 0.127 e. The molecule has 0 radical (unpaired) electrons. The molecule has 5 nitrogen and oxygen atoms in total. The number of methoxy groups -OCH3 is 4. The molecule has 0 aromatic heterocycles. The summed E-state index contributed by atoms with van der Waals surface area (Å²) < 4.78 is 21.2. The van der Waals surface area contributed by atoms with Gasteiger partial charge in [0.05, 0.1) is 27.4 Å². The van der Waals surface area contributed by atoms with Crippen molar-refractivity contribution in [2.24, 2.45) is 0 Å². The molecular weight excluding hydrogens is 258 g/mol. The zero-order chi connectivity index (χ0) is 15.0. The van der Waals surface area contributed by atoms with Crippen LogP contribution in [0.3, 0.4) is 0 Å². The highest BCUT2D eigenvalue weighted by atomic mass is 16.5. The second-order valence-corrected chi connectivity index (χ2v) is 4.45. The number of ether oxygens (including phenoxy) is 4. The van der Waals surface area contributed by atoms with Gasteiger partial charge in [-0.05, 0) is 6.92 Å². The van der Waals surface area contributed by atoms with E-state index in [0.29, 0.717) is 13.2 Å². The van der Waals surface area contributed by atoms with Crippen LogP contribution in [0.15, 0.2) is 12.1 Å². The van der Waals surface area contributed by atoms with E-state index in [4.69, 9.17) is 18.9 Å². The molecule has 114 valence electrons. The molecule has 0 fully saturated rings. The van der Waals surface area contributed by atoms with Crippen molar-refractivity contribution in [2.45, 2.75) is 6.92 Å². The number of rotatable bonds is 9. The first kappa shape index (κ1) is 16.6. The minimum absolute atomic E-state index is 0.655. The Bertz CT molecular complexity index is 376. The van der Waals surface area contributed by atoms with Crippen molar-refractivity contribution in [3.63, 3.8) is 0 Å². The molecule has 1 aromatic rings. The minimum Gasteiger partial charge on any atom is -0.496 e. The lowest BCUT2D eigenvalue weighted by Gasteiger charge is -2.26. The van der Waals surface area contributed by atoms with Gasteiger partial charge in [-0.15, -0.1) is 0 Å². The number of nitrogens with zero attached hydrogens (tertiary/aromatic N) is 1. The average molecular weight is 283 g/mol. The van der Waals surface area contributed by atoms with Gasteiger partial charge in [-0.1, -0.05) is 0 Å². The molecule has 0 saturated heterocycles. The standard InChI is InChI=1S/C15H25NO4/c1-12-14(19-4)10-13(11-15(12)20-5)16(6-8-17-2)7-9-18-3/h10-11H,6-9H2,1-5H3. The van der Waals surface area contributed by atoms with Crippen molar-refractivity contribution in [3.8, 4) is 11.5 Å². The van der Waals surface area contributed by atoms with E-state index in [9.17, 15) is 0 Å². The normalized spacial score (nSPS) is 10.4. The van der Waals surface area contributed by atoms with E-state index in [1.54, 1.807) is 28.4 Å². The quantitative estimate of drug-likeness (QED) is 0.694. The molecule has 0 saturated carbocycles. The second-order valence-electron chi connectivity index (χ2n) is 4.45. The van der Waals surface area contributed by atoms with Crippen molar-refractivity contribution in [2.75, 3.05) is 59.6 Å². The van der Waals surface area contributed by atoms with Crippen LogP contribution in [0, 0.1) is 6.92 Å². The maximum Gasteiger partial charge on any atom is 0.127 e. The maximum absolute atomic E-state index is 5.42. The highest BCUT2D eigenvalue weighted by molar-refractivity contribution is 5.59. The van der Waals surface area contributed by atoms with Gasteiger partial charge in [0, 0.05) is 50.7 Å². The Hall–Kier alpha value is -1.46. The summed E-state index contributed by atoms with van der Waals surface area (Å²) in [7, 11) is 6.73. The molecule has 1 rings (SSSR count). The van der Waals surface area contributed by atoms with Gasteiger partial charge < -0.3 is 23.8 Å². The van der Waals surface area contributed by atoms with E-state index in [1.165, 1.54) is 0 Å². The second kappa shape index (κ2) is 8.66. The van der Waals surface area contributed by atoms with E-state index < -0.39 is 0 Å². The molecule has 0 heterocycles. The zero-order valence-corrected chi connectivity index (χ0v) is 13.1. The van der Waals surface area contributed by atoms with Gasteiger partial charge >= 0.3 is 0 Å². The molecule has 0 spiro atoms. The number of benzene rings is 1. The van der Waals surface area contributed by atoms with Gasteiger partial charge in [0.15, 0.2) is 0 Å². The summed E-state index contributed by atoms with van der Waals surface area (Å²) in [6.07, 6.45) is 0. The summed E-state index contributed by atoms with van der Waals surface area (Å²) in [6, 6.07) is 4.03. The Balaban J connectivity index is 3.04. The number of hydrogen-bond acceptors (Lipinski definition) is 5. The Labute approximate surface area is 121 Å². The van der Waals surface area contributed by atoms with Gasteiger partial charge in [-0.25, -0.2) is 0 Å². The average Bonchev–Trinajstić information content (AvgIpc) is 2.48. The maximum atomic E-state index is 5.42. The van der Waals surface area contributed by atoms with E-state index >= 15 is 0 Å². The summed E-state index contributed by atoms with van der Waals surface area (Å²) in [6.45, 7) is 4.87. The first-order valence-electron chi connectivity index (χ1n) is 6.63. The van der Waals surface area contributed by atoms with Crippen LogP contribution in [0.2, 0.25) is 0 Å². The summed E-state index contributed by atoms with van der Waals surface area (Å²) in [5.41, 5.74) is 2.04. The SMILES string of the molecule is COCCN(CCOC)c1cc(OC)c(C)c(OC)c1. The molecule has 0 N–H and O–H groups in total. The zero-order valence-electron chi connectivity index (χ0n) is 13.1. The van der Waals surface area contributed by atoms with Crippen LogP contribution >= 0.6 is 0 Å². The van der Waals surface area contributed by atoms with Gasteiger partial charge in [0.1, 0.15) is 11.5 Å². The molecule has 0 aliphatic carbocycles. The lowest BCUT2D eigenvalue weighted by Crippen LogP contribution is -2.30. The third kappa shape index (κ3) is 4.28. The van der Waals surface area contributed by atoms with Crippen LogP contribution in [0.25, 0.3) is 0 Å². The van der Waals surface area contributed by atoms with Crippen molar-refractivity contribution in [1.29, 1.82) is 0 Å². The van der Waals surface area contributed by atoms with Crippen molar-refractivity contribution < 1.29 is 18.9 Å². The fraction of sp³-hybridized carbons (Fsp3) is 0.600. The Morgan fingerprint density at radius 1 is 0.850 bits per heavy atom. The Morgan fingerprint density at radius 2 is 1.30 bits per heavy atom. The van der Waals surface area contributed by atoms with Gasteiger partial charge in [0.25, 0.3) is 0 Å². The first-order chi connectivity index (χ1) is 9.67. The van der Waals surface area contributed by atoms with Crippen LogP contribution in [0.5, 0.6) is 11.5 Å². The number of anilines is 1. The fourth-order valence-electron chi connectivity index (χ4n) is 2.03. The third-order valence-electron chi connectivity index (χ3n) is 3.23. The van der Waals surface area contributed by atoms with Crippen LogP contribution in [0.1, 0.15) is 5.56 Å². The van der Waals surface area contributed by atoms with Crippen LogP contribution < -0.4 is 14.4 Å². The van der Waals surface area contributed by atoms with Gasteiger partial charge in [-0.2, -0.15) is 0 Å². The monoisotopic (exact) mass is 283 g/mol. The van der Waals surface area contributed by atoms with Gasteiger partial charge in [0.2, 0.25) is 0 Å². The summed E-state index contributed by atoms with van der Waals surface area (Å²) in [5, 5.41) is 0. The van der Waals surface area contributed by atoms with Crippen molar-refractivity contribution in [3.05, 3.63) is 17.7 Å². The molecule has 0 bridgehead atoms. The molecule has 0 aliphatic heterocycles. The Kier molecular flexibility index (Phi) is 7.18. The van der Waals surface area contributed by atoms with E-state index in [0.717, 1.165) is 35.8 Å². The third-order valence-corrected chi connectivity index (χ3v) is 3.23. The van der Waals surface area contributed by atoms with Crippen LogP contribution in [0.4, 0.5) is 5.69 Å². The first-order valence-corrected chi connectivity index (χ1v) is 6.63. The van der Waals surface area contributed by atoms with E-state index in [-0.39, 0.29) is 0 Å². The lowest BCUT2D eigenvalue weighted by atomic mass is 10.1. The molecule has 5 heteroatoms. The van der Waals surface area contributed by atoms with E-state index in [2.05, 4.69) is 4.90 Å². The van der Waals surface area contributed by atoms with Crippen molar-refractivity contribution in [1.82, 2.24) is 0 Å².